The van der Waals surface area contributed by atoms with E-state index in [0.717, 1.165) is 21.9 Å². The minimum atomic E-state index is -1.17. The number of hydrogen-bond acceptors (Lipinski definition) is 3. The van der Waals surface area contributed by atoms with E-state index in [-0.39, 0.29) is 0 Å². The molecule has 2 rings (SSSR count). The highest BCUT2D eigenvalue weighted by molar-refractivity contribution is 5.96. The fourth-order valence-corrected chi connectivity index (χ4v) is 2.56. The third kappa shape index (κ3) is 6.25. The van der Waals surface area contributed by atoms with E-state index in [2.05, 4.69) is 23.7 Å². The van der Waals surface area contributed by atoms with Gasteiger partial charge in [0.05, 0.1) is 5.60 Å². The molecular formula is C25H28O3. The van der Waals surface area contributed by atoms with Gasteiger partial charge in [0.25, 0.3) is 0 Å². The van der Waals surface area contributed by atoms with Crippen LogP contribution in [0, 0.1) is 23.7 Å². The minimum Gasteiger partial charge on any atom is -0.385 e. The van der Waals surface area contributed by atoms with Crippen molar-refractivity contribution in [1.82, 2.24) is 0 Å². The normalized spacial score (nSPS) is 12.8. The molecule has 0 spiro atoms. The molecule has 0 saturated heterocycles. The number of rotatable bonds is 2. The maximum absolute atomic E-state index is 10.6. The summed E-state index contributed by atoms with van der Waals surface area (Å²) in [4.78, 5) is 0. The molecule has 0 aromatic heterocycles. The van der Waals surface area contributed by atoms with Crippen LogP contribution < -0.4 is 0 Å². The van der Waals surface area contributed by atoms with Crippen LogP contribution in [0.5, 0.6) is 0 Å². The maximum atomic E-state index is 10.6. The summed E-state index contributed by atoms with van der Waals surface area (Å²) in [5.74, 6) is 11.6. The Bertz CT molecular complexity index is 1010. The van der Waals surface area contributed by atoms with E-state index >= 15 is 0 Å². The topological polar surface area (TPSA) is 60.7 Å². The average Bonchev–Trinajstić information content (AvgIpc) is 2.54. The first-order chi connectivity index (χ1) is 12.8. The lowest BCUT2D eigenvalue weighted by Crippen LogP contribution is -2.22. The van der Waals surface area contributed by atoms with Crippen molar-refractivity contribution in [1.29, 1.82) is 0 Å². The molecule has 3 N–H and O–H groups in total. The largest absolute Gasteiger partial charge is 0.385 e. The highest BCUT2D eigenvalue weighted by Crippen LogP contribution is 2.27. The van der Waals surface area contributed by atoms with Crippen molar-refractivity contribution < 1.29 is 15.3 Å². The molecule has 2 aromatic rings. The van der Waals surface area contributed by atoms with E-state index < -0.39 is 16.8 Å². The summed E-state index contributed by atoms with van der Waals surface area (Å²) in [6.07, 6.45) is 1.83. The Morgan fingerprint density at radius 2 is 1.39 bits per heavy atom. The van der Waals surface area contributed by atoms with Crippen LogP contribution in [0.15, 0.2) is 42.0 Å². The lowest BCUT2D eigenvalue weighted by atomic mass is 9.92. The monoisotopic (exact) mass is 376 g/mol. The second-order valence-corrected chi connectivity index (χ2v) is 8.49. The molecule has 3 heteroatoms. The van der Waals surface area contributed by atoms with E-state index in [1.165, 1.54) is 0 Å². The van der Waals surface area contributed by atoms with Gasteiger partial charge < -0.3 is 15.3 Å². The van der Waals surface area contributed by atoms with Crippen LogP contribution in [0.2, 0.25) is 0 Å². The molecule has 0 heterocycles. The van der Waals surface area contributed by atoms with Gasteiger partial charge in [0, 0.05) is 16.5 Å². The second-order valence-electron chi connectivity index (χ2n) is 8.49. The van der Waals surface area contributed by atoms with Gasteiger partial charge in [0.2, 0.25) is 0 Å². The molecule has 0 atom stereocenters. The summed E-state index contributed by atoms with van der Waals surface area (Å²) in [6.45, 7) is 9.82. The fraction of sp³-hybridized carbons (Fsp3) is 0.360. The highest BCUT2D eigenvalue weighted by Gasteiger charge is 2.19. The zero-order valence-electron chi connectivity index (χ0n) is 17.4. The van der Waals surface area contributed by atoms with Crippen molar-refractivity contribution in [2.75, 3.05) is 0 Å². The van der Waals surface area contributed by atoms with Crippen molar-refractivity contribution in [2.45, 2.75) is 58.3 Å². The number of fused-ring (bicyclic) bond motifs is 1. The fourth-order valence-electron chi connectivity index (χ4n) is 2.56. The zero-order valence-corrected chi connectivity index (χ0v) is 17.4. The van der Waals surface area contributed by atoms with Gasteiger partial charge in [-0.2, -0.15) is 0 Å². The SMILES string of the molecule is CC(C)(O)C#C/C(=C/c1cccc2cccc(C#CC(C)(C)O)c12)C(C)(C)O. The molecule has 0 amide bonds. The van der Waals surface area contributed by atoms with E-state index in [9.17, 15) is 15.3 Å². The first kappa shape index (κ1) is 21.7. The van der Waals surface area contributed by atoms with Crippen LogP contribution in [0.3, 0.4) is 0 Å². The zero-order chi connectivity index (χ0) is 21.2. The molecule has 0 unspecified atom stereocenters. The highest BCUT2D eigenvalue weighted by atomic mass is 16.3. The van der Waals surface area contributed by atoms with Gasteiger partial charge in [-0.05, 0) is 64.6 Å². The van der Waals surface area contributed by atoms with Crippen molar-refractivity contribution in [3.05, 3.63) is 53.1 Å². The van der Waals surface area contributed by atoms with Crippen molar-refractivity contribution in [2.24, 2.45) is 0 Å². The summed E-state index contributed by atoms with van der Waals surface area (Å²) in [7, 11) is 0. The molecule has 0 radical (unpaired) electrons. The van der Waals surface area contributed by atoms with Gasteiger partial charge in [0.1, 0.15) is 11.2 Å². The predicted octanol–water partition coefficient (Wildman–Crippen LogP) is 3.89. The number of benzene rings is 2. The number of hydrogen-bond donors (Lipinski definition) is 3. The van der Waals surface area contributed by atoms with Crippen molar-refractivity contribution in [3.8, 4) is 23.7 Å². The Hall–Kier alpha value is -2.56. The van der Waals surface area contributed by atoms with Crippen LogP contribution in [0.4, 0.5) is 0 Å². The van der Waals surface area contributed by atoms with Crippen LogP contribution in [0.1, 0.15) is 52.7 Å². The molecule has 3 nitrogen and oxygen atoms in total. The van der Waals surface area contributed by atoms with Gasteiger partial charge in [-0.15, -0.1) is 0 Å². The lowest BCUT2D eigenvalue weighted by Gasteiger charge is -2.18. The molecule has 28 heavy (non-hydrogen) atoms. The van der Waals surface area contributed by atoms with E-state index in [1.807, 2.05) is 42.5 Å². The Kier molecular flexibility index (Phi) is 6.07. The summed E-state index contributed by atoms with van der Waals surface area (Å²) in [5, 5.41) is 32.4. The number of aliphatic hydroxyl groups is 3. The summed E-state index contributed by atoms with van der Waals surface area (Å²) in [5.41, 5.74) is -1.28. The van der Waals surface area contributed by atoms with Crippen LogP contribution in [-0.4, -0.2) is 32.1 Å². The van der Waals surface area contributed by atoms with E-state index in [1.54, 1.807) is 41.5 Å². The van der Waals surface area contributed by atoms with Crippen LogP contribution >= 0.6 is 0 Å². The van der Waals surface area contributed by atoms with Gasteiger partial charge in [-0.25, -0.2) is 0 Å². The molecule has 0 aliphatic rings. The Labute approximate surface area is 167 Å². The Morgan fingerprint density at radius 1 is 0.821 bits per heavy atom. The van der Waals surface area contributed by atoms with Crippen molar-refractivity contribution in [3.63, 3.8) is 0 Å². The van der Waals surface area contributed by atoms with Gasteiger partial charge >= 0.3 is 0 Å². The third-order valence-electron chi connectivity index (χ3n) is 3.90. The molecular weight excluding hydrogens is 348 g/mol. The quantitative estimate of drug-likeness (QED) is 0.697. The summed E-state index contributed by atoms with van der Waals surface area (Å²) < 4.78 is 0. The average molecular weight is 376 g/mol. The van der Waals surface area contributed by atoms with Crippen LogP contribution in [0.25, 0.3) is 16.8 Å². The standard InChI is InChI=1S/C25H28O3/c1-23(2,26)15-13-19-11-7-9-18-10-8-12-20(22(18)19)17-21(25(5,6)28)14-16-24(3,4)27/h7-12,17,26-28H,1-6H3/b21-17-. The van der Waals surface area contributed by atoms with Crippen LogP contribution in [-0.2, 0) is 0 Å². The summed E-state index contributed by atoms with van der Waals surface area (Å²) >= 11 is 0. The van der Waals surface area contributed by atoms with Gasteiger partial charge in [-0.3, -0.25) is 0 Å². The van der Waals surface area contributed by atoms with E-state index in [0.29, 0.717) is 5.57 Å². The molecule has 146 valence electrons. The molecule has 0 fully saturated rings. The van der Waals surface area contributed by atoms with Crippen molar-refractivity contribution >= 4 is 16.8 Å². The van der Waals surface area contributed by atoms with E-state index in [4.69, 9.17) is 0 Å². The first-order valence-corrected chi connectivity index (χ1v) is 9.24. The summed E-state index contributed by atoms with van der Waals surface area (Å²) in [6, 6.07) is 11.7. The Morgan fingerprint density at radius 3 is 1.93 bits per heavy atom. The van der Waals surface area contributed by atoms with Gasteiger partial charge in [0.15, 0.2) is 0 Å². The molecule has 2 aromatic carbocycles. The molecule has 0 saturated carbocycles. The smallest absolute Gasteiger partial charge is 0.120 e. The molecule has 0 aliphatic heterocycles. The minimum absolute atomic E-state index is 0.493. The third-order valence-corrected chi connectivity index (χ3v) is 3.90. The Balaban J connectivity index is 2.75. The van der Waals surface area contributed by atoms with Gasteiger partial charge in [-0.1, -0.05) is 54.0 Å². The molecule has 0 bridgehead atoms. The first-order valence-electron chi connectivity index (χ1n) is 9.24. The molecule has 0 aliphatic carbocycles. The second kappa shape index (κ2) is 7.82. The maximum Gasteiger partial charge on any atom is 0.120 e. The lowest BCUT2D eigenvalue weighted by molar-refractivity contribution is 0.125. The predicted molar refractivity (Wildman–Crippen MR) is 115 cm³/mol.